The highest BCUT2D eigenvalue weighted by molar-refractivity contribution is 5.83. The predicted octanol–water partition coefficient (Wildman–Crippen LogP) is 0.494. The minimum absolute atomic E-state index is 0.0517. The molecule has 7 heteroatoms. The average Bonchev–Trinajstić information content (AvgIpc) is 2.41. The SMILES string of the molecule is C#CC(CCC)NC(=O)N[C@@H](CCC(=O)OC)C(=O)O. The number of aliphatic carboxylic acids is 1. The second kappa shape index (κ2) is 9.67. The number of nitrogens with one attached hydrogen (secondary N) is 2. The average molecular weight is 284 g/mol. The molecule has 7 nitrogen and oxygen atoms in total. The lowest BCUT2D eigenvalue weighted by Crippen LogP contribution is -2.48. The summed E-state index contributed by atoms with van der Waals surface area (Å²) in [6.07, 6.45) is 6.49. The summed E-state index contributed by atoms with van der Waals surface area (Å²) in [4.78, 5) is 33.6. The van der Waals surface area contributed by atoms with Crippen molar-refractivity contribution in [1.29, 1.82) is 0 Å². The highest BCUT2D eigenvalue weighted by Gasteiger charge is 2.22. The van der Waals surface area contributed by atoms with Gasteiger partial charge in [-0.25, -0.2) is 9.59 Å². The number of urea groups is 1. The van der Waals surface area contributed by atoms with Gasteiger partial charge in [0.25, 0.3) is 0 Å². The molecule has 0 aliphatic carbocycles. The van der Waals surface area contributed by atoms with Gasteiger partial charge in [-0.3, -0.25) is 4.79 Å². The van der Waals surface area contributed by atoms with Crippen molar-refractivity contribution in [1.82, 2.24) is 10.6 Å². The number of hydrogen-bond acceptors (Lipinski definition) is 4. The number of terminal acetylenes is 1. The molecule has 20 heavy (non-hydrogen) atoms. The lowest BCUT2D eigenvalue weighted by atomic mass is 10.1. The lowest BCUT2D eigenvalue weighted by molar-refractivity contribution is -0.142. The Labute approximate surface area is 118 Å². The first-order valence-electron chi connectivity index (χ1n) is 6.27. The third kappa shape index (κ3) is 7.26. The number of ether oxygens (including phenoxy) is 1. The Morgan fingerprint density at radius 3 is 2.40 bits per heavy atom. The number of amides is 2. The third-order valence-electron chi connectivity index (χ3n) is 2.55. The fourth-order valence-electron chi connectivity index (χ4n) is 1.47. The summed E-state index contributed by atoms with van der Waals surface area (Å²) in [5.74, 6) is 0.641. The van der Waals surface area contributed by atoms with E-state index in [4.69, 9.17) is 11.5 Å². The fourth-order valence-corrected chi connectivity index (χ4v) is 1.47. The normalized spacial score (nSPS) is 12.7. The zero-order valence-electron chi connectivity index (χ0n) is 11.6. The second-order valence-electron chi connectivity index (χ2n) is 4.13. The number of carboxylic acid groups (broad SMARTS) is 1. The Bertz CT molecular complexity index is 389. The molecule has 0 spiro atoms. The molecule has 0 bridgehead atoms. The first kappa shape index (κ1) is 17.8. The summed E-state index contributed by atoms with van der Waals surface area (Å²) < 4.78 is 4.41. The van der Waals surface area contributed by atoms with Crippen LogP contribution in [0.3, 0.4) is 0 Å². The maximum atomic E-state index is 11.6. The van der Waals surface area contributed by atoms with Gasteiger partial charge in [-0.1, -0.05) is 19.3 Å². The number of methoxy groups -OCH3 is 1. The minimum atomic E-state index is -1.23. The van der Waals surface area contributed by atoms with Crippen molar-refractivity contribution in [2.75, 3.05) is 7.11 Å². The zero-order valence-corrected chi connectivity index (χ0v) is 11.6. The summed E-state index contributed by atoms with van der Waals surface area (Å²) in [6, 6.07) is -2.29. The van der Waals surface area contributed by atoms with Crippen molar-refractivity contribution in [3.8, 4) is 12.3 Å². The molecule has 0 rings (SSSR count). The van der Waals surface area contributed by atoms with Crippen molar-refractivity contribution in [2.45, 2.75) is 44.7 Å². The quantitative estimate of drug-likeness (QED) is 0.444. The van der Waals surface area contributed by atoms with E-state index in [1.807, 2.05) is 6.92 Å². The Kier molecular flexibility index (Phi) is 8.59. The van der Waals surface area contributed by atoms with Gasteiger partial charge < -0.3 is 20.5 Å². The molecule has 2 amide bonds. The minimum Gasteiger partial charge on any atom is -0.480 e. The van der Waals surface area contributed by atoms with Crippen molar-refractivity contribution in [3.05, 3.63) is 0 Å². The number of carbonyl (C=O) groups excluding carboxylic acids is 2. The van der Waals surface area contributed by atoms with E-state index in [1.165, 1.54) is 7.11 Å². The molecule has 0 aromatic rings. The second-order valence-corrected chi connectivity index (χ2v) is 4.13. The van der Waals surface area contributed by atoms with Crippen molar-refractivity contribution in [2.24, 2.45) is 0 Å². The van der Waals surface area contributed by atoms with Gasteiger partial charge in [-0.2, -0.15) is 0 Å². The molecule has 2 atom stereocenters. The first-order valence-corrected chi connectivity index (χ1v) is 6.27. The van der Waals surface area contributed by atoms with Crippen LogP contribution in [-0.4, -0.2) is 42.3 Å². The Balaban J connectivity index is 4.37. The topological polar surface area (TPSA) is 105 Å². The predicted molar refractivity (Wildman–Crippen MR) is 71.9 cm³/mol. The van der Waals surface area contributed by atoms with Gasteiger partial charge in [-0.05, 0) is 12.8 Å². The third-order valence-corrected chi connectivity index (χ3v) is 2.55. The van der Waals surface area contributed by atoms with E-state index in [2.05, 4.69) is 21.3 Å². The highest BCUT2D eigenvalue weighted by Crippen LogP contribution is 2.00. The van der Waals surface area contributed by atoms with E-state index in [0.717, 1.165) is 6.42 Å². The van der Waals surface area contributed by atoms with Crippen molar-refractivity contribution >= 4 is 18.0 Å². The Morgan fingerprint density at radius 1 is 1.30 bits per heavy atom. The standard InChI is InChI=1S/C13H20N2O5/c1-4-6-9(5-2)14-13(19)15-10(12(17)18)7-8-11(16)20-3/h2,9-10H,4,6-8H2,1,3H3,(H,17,18)(H2,14,15,19)/t9?,10-/m0/s1. The van der Waals surface area contributed by atoms with Gasteiger partial charge in [0, 0.05) is 6.42 Å². The van der Waals surface area contributed by atoms with Crippen LogP contribution in [0.15, 0.2) is 0 Å². The lowest BCUT2D eigenvalue weighted by Gasteiger charge is -2.17. The summed E-state index contributed by atoms with van der Waals surface area (Å²) >= 11 is 0. The summed E-state index contributed by atoms with van der Waals surface area (Å²) in [6.45, 7) is 1.92. The van der Waals surface area contributed by atoms with Crippen LogP contribution in [0.5, 0.6) is 0 Å². The van der Waals surface area contributed by atoms with Crippen LogP contribution < -0.4 is 10.6 Å². The molecule has 1 unspecified atom stereocenters. The molecule has 0 aliphatic rings. The van der Waals surface area contributed by atoms with Crippen LogP contribution in [-0.2, 0) is 14.3 Å². The monoisotopic (exact) mass is 284 g/mol. The molecule has 0 heterocycles. The Hall–Kier alpha value is -2.23. The summed E-state index contributed by atoms with van der Waals surface area (Å²) in [5.41, 5.74) is 0. The van der Waals surface area contributed by atoms with E-state index in [9.17, 15) is 14.4 Å². The molecular formula is C13H20N2O5. The van der Waals surface area contributed by atoms with Crippen LogP contribution in [0.2, 0.25) is 0 Å². The van der Waals surface area contributed by atoms with E-state index in [0.29, 0.717) is 6.42 Å². The molecular weight excluding hydrogens is 264 g/mol. The maximum absolute atomic E-state index is 11.6. The number of rotatable bonds is 8. The Morgan fingerprint density at radius 2 is 1.95 bits per heavy atom. The molecule has 0 fully saturated rings. The fraction of sp³-hybridized carbons (Fsp3) is 0.615. The van der Waals surface area contributed by atoms with Gasteiger partial charge in [0.2, 0.25) is 0 Å². The molecule has 3 N–H and O–H groups in total. The number of carbonyl (C=O) groups is 3. The largest absolute Gasteiger partial charge is 0.480 e. The summed E-state index contributed by atoms with van der Waals surface area (Å²) in [5, 5.41) is 13.7. The van der Waals surface area contributed by atoms with Crippen molar-refractivity contribution in [3.63, 3.8) is 0 Å². The summed E-state index contributed by atoms with van der Waals surface area (Å²) in [7, 11) is 1.21. The molecule has 0 aromatic heterocycles. The number of hydrogen-bond donors (Lipinski definition) is 3. The molecule has 0 aromatic carbocycles. The van der Waals surface area contributed by atoms with E-state index in [-0.39, 0.29) is 12.8 Å². The van der Waals surface area contributed by atoms with Gasteiger partial charge in [0.15, 0.2) is 0 Å². The van der Waals surface area contributed by atoms with Crippen LogP contribution in [0.1, 0.15) is 32.6 Å². The van der Waals surface area contributed by atoms with Gasteiger partial charge in [0.05, 0.1) is 13.2 Å². The molecule has 0 radical (unpaired) electrons. The van der Waals surface area contributed by atoms with Crippen LogP contribution in [0, 0.1) is 12.3 Å². The zero-order chi connectivity index (χ0) is 15.5. The molecule has 0 saturated heterocycles. The smallest absolute Gasteiger partial charge is 0.326 e. The van der Waals surface area contributed by atoms with E-state index < -0.39 is 30.1 Å². The van der Waals surface area contributed by atoms with Crippen LogP contribution >= 0.6 is 0 Å². The number of esters is 1. The number of carboxylic acids is 1. The van der Waals surface area contributed by atoms with Crippen LogP contribution in [0.25, 0.3) is 0 Å². The molecule has 112 valence electrons. The molecule has 0 aliphatic heterocycles. The highest BCUT2D eigenvalue weighted by atomic mass is 16.5. The maximum Gasteiger partial charge on any atom is 0.326 e. The first-order chi connectivity index (χ1) is 9.44. The van der Waals surface area contributed by atoms with E-state index in [1.54, 1.807) is 0 Å². The molecule has 0 saturated carbocycles. The van der Waals surface area contributed by atoms with E-state index >= 15 is 0 Å². The van der Waals surface area contributed by atoms with Crippen molar-refractivity contribution < 1.29 is 24.2 Å². The van der Waals surface area contributed by atoms with Gasteiger partial charge in [0.1, 0.15) is 6.04 Å². The van der Waals surface area contributed by atoms with Gasteiger partial charge >= 0.3 is 18.0 Å². The van der Waals surface area contributed by atoms with Gasteiger partial charge in [-0.15, -0.1) is 6.42 Å². The van der Waals surface area contributed by atoms with Crippen LogP contribution in [0.4, 0.5) is 4.79 Å².